The van der Waals surface area contributed by atoms with Crippen LogP contribution >= 0.6 is 0 Å². The van der Waals surface area contributed by atoms with E-state index in [1.54, 1.807) is 0 Å². The van der Waals surface area contributed by atoms with Gasteiger partial charge in [-0.1, -0.05) is 13.8 Å². The molecule has 1 N–H and O–H groups in total. The normalized spacial score (nSPS) is 31.1. The number of likely N-dealkylation sites (tertiary alicyclic amines) is 1. The number of halogens is 1. The van der Waals surface area contributed by atoms with Crippen molar-refractivity contribution in [3.8, 4) is 0 Å². The average Bonchev–Trinajstić information content (AvgIpc) is 1.88. The smallest absolute Gasteiger partial charge is 0.0796 e. The predicted molar refractivity (Wildman–Crippen MR) is 44.3 cm³/mol. The van der Waals surface area contributed by atoms with Crippen molar-refractivity contribution < 1.29 is 9.60 Å². The molecule has 1 nitrogen and oxygen atoms in total. The van der Waals surface area contributed by atoms with E-state index in [1.165, 1.54) is 38.9 Å². The SMILES string of the molecule is CCC[NH+]1CCCC(C)C1.[F-]. The molecule has 0 radical (unpaired) electrons. The van der Waals surface area contributed by atoms with E-state index in [-0.39, 0.29) is 4.70 Å². The zero-order valence-electron chi connectivity index (χ0n) is 7.70. The fraction of sp³-hybridized carbons (Fsp3) is 1.00. The largest absolute Gasteiger partial charge is 1.00 e. The highest BCUT2D eigenvalue weighted by atomic mass is 19.0. The lowest BCUT2D eigenvalue weighted by atomic mass is 10.0. The molecule has 0 amide bonds. The Labute approximate surface area is 69.1 Å². The van der Waals surface area contributed by atoms with Gasteiger partial charge in [0.25, 0.3) is 0 Å². The third-order valence-corrected chi connectivity index (χ3v) is 2.47. The van der Waals surface area contributed by atoms with Gasteiger partial charge in [0, 0.05) is 5.92 Å². The molecule has 0 aromatic heterocycles. The predicted octanol–water partition coefficient (Wildman–Crippen LogP) is -2.28. The zero-order chi connectivity index (χ0) is 7.40. The summed E-state index contributed by atoms with van der Waals surface area (Å²) in [6.07, 6.45) is 4.27. The van der Waals surface area contributed by atoms with Crippen molar-refractivity contribution in [2.45, 2.75) is 33.1 Å². The Bertz CT molecular complexity index is 93.6. The van der Waals surface area contributed by atoms with Crippen LogP contribution in [0.15, 0.2) is 0 Å². The fourth-order valence-corrected chi connectivity index (χ4v) is 1.98. The molecular weight excluding hydrogens is 141 g/mol. The van der Waals surface area contributed by atoms with Gasteiger partial charge in [0.2, 0.25) is 0 Å². The summed E-state index contributed by atoms with van der Waals surface area (Å²) in [6.45, 7) is 8.91. The van der Waals surface area contributed by atoms with Crippen LogP contribution in [0, 0.1) is 5.92 Å². The van der Waals surface area contributed by atoms with Gasteiger partial charge in [-0.15, -0.1) is 0 Å². The molecule has 2 atom stereocenters. The monoisotopic (exact) mass is 161 g/mol. The molecule has 1 fully saturated rings. The maximum Gasteiger partial charge on any atom is 0.0796 e. The fourth-order valence-electron chi connectivity index (χ4n) is 1.98. The molecule has 2 unspecified atom stereocenters. The Kier molecular flexibility index (Phi) is 5.47. The minimum absolute atomic E-state index is 0. The van der Waals surface area contributed by atoms with Crippen LogP contribution in [0.1, 0.15) is 33.1 Å². The highest BCUT2D eigenvalue weighted by Gasteiger charge is 2.17. The van der Waals surface area contributed by atoms with Gasteiger partial charge in [-0.25, -0.2) is 0 Å². The van der Waals surface area contributed by atoms with Gasteiger partial charge < -0.3 is 9.60 Å². The maximum atomic E-state index is 2.38. The molecule has 1 saturated heterocycles. The summed E-state index contributed by atoms with van der Waals surface area (Å²) in [5.41, 5.74) is 0. The van der Waals surface area contributed by atoms with Gasteiger partial charge >= 0.3 is 0 Å². The summed E-state index contributed by atoms with van der Waals surface area (Å²) in [4.78, 5) is 1.83. The average molecular weight is 161 g/mol. The quantitative estimate of drug-likeness (QED) is 0.465. The van der Waals surface area contributed by atoms with Crippen LogP contribution in [0.4, 0.5) is 0 Å². The first kappa shape index (κ1) is 10.9. The number of piperidine rings is 1. The van der Waals surface area contributed by atoms with Gasteiger partial charge in [-0.3, -0.25) is 0 Å². The van der Waals surface area contributed by atoms with E-state index in [9.17, 15) is 0 Å². The Morgan fingerprint density at radius 2 is 2.18 bits per heavy atom. The van der Waals surface area contributed by atoms with E-state index >= 15 is 0 Å². The molecule has 0 aromatic carbocycles. The van der Waals surface area contributed by atoms with E-state index in [2.05, 4.69) is 13.8 Å². The first-order valence-electron chi connectivity index (χ1n) is 4.66. The molecular formula is C9H20FN. The Hall–Kier alpha value is -0.110. The van der Waals surface area contributed by atoms with Crippen molar-refractivity contribution in [1.82, 2.24) is 0 Å². The van der Waals surface area contributed by atoms with Crippen LogP contribution in [-0.2, 0) is 0 Å². The van der Waals surface area contributed by atoms with Crippen LogP contribution in [-0.4, -0.2) is 19.6 Å². The zero-order valence-corrected chi connectivity index (χ0v) is 7.70. The first-order chi connectivity index (χ1) is 4.83. The standard InChI is InChI=1S/C9H19N.FH/c1-3-6-10-7-4-5-9(2)8-10;/h9H,3-8H2,1-2H3;1H. The van der Waals surface area contributed by atoms with E-state index in [1.807, 2.05) is 4.90 Å². The molecule has 0 aliphatic carbocycles. The second kappa shape index (κ2) is 5.53. The van der Waals surface area contributed by atoms with Gasteiger partial charge in [0.05, 0.1) is 19.6 Å². The molecule has 0 bridgehead atoms. The minimum atomic E-state index is 0. The molecule has 11 heavy (non-hydrogen) atoms. The Morgan fingerprint density at radius 1 is 1.45 bits per heavy atom. The summed E-state index contributed by atoms with van der Waals surface area (Å²) in [7, 11) is 0. The van der Waals surface area contributed by atoms with Crippen LogP contribution in [0.25, 0.3) is 0 Å². The summed E-state index contributed by atoms with van der Waals surface area (Å²) in [5.74, 6) is 0.982. The second-order valence-electron chi connectivity index (χ2n) is 3.70. The van der Waals surface area contributed by atoms with E-state index in [0.717, 1.165) is 5.92 Å². The van der Waals surface area contributed by atoms with Crippen molar-refractivity contribution in [2.75, 3.05) is 19.6 Å². The molecule has 1 aliphatic rings. The van der Waals surface area contributed by atoms with Crippen molar-refractivity contribution in [3.05, 3.63) is 0 Å². The van der Waals surface area contributed by atoms with Crippen molar-refractivity contribution in [2.24, 2.45) is 5.92 Å². The molecule has 0 saturated carbocycles. The van der Waals surface area contributed by atoms with Crippen LogP contribution in [0.2, 0.25) is 0 Å². The van der Waals surface area contributed by atoms with E-state index in [4.69, 9.17) is 0 Å². The lowest BCUT2D eigenvalue weighted by Gasteiger charge is -2.27. The van der Waals surface area contributed by atoms with Crippen LogP contribution < -0.4 is 9.60 Å². The van der Waals surface area contributed by atoms with Gasteiger partial charge in [0.15, 0.2) is 0 Å². The van der Waals surface area contributed by atoms with Crippen molar-refractivity contribution >= 4 is 0 Å². The topological polar surface area (TPSA) is 4.44 Å². The van der Waals surface area contributed by atoms with Gasteiger partial charge in [-0.2, -0.15) is 0 Å². The van der Waals surface area contributed by atoms with Crippen molar-refractivity contribution in [3.63, 3.8) is 0 Å². The van der Waals surface area contributed by atoms with Crippen molar-refractivity contribution in [1.29, 1.82) is 0 Å². The number of hydrogen-bond donors (Lipinski definition) is 1. The lowest BCUT2D eigenvalue weighted by molar-refractivity contribution is -0.908. The third kappa shape index (κ3) is 3.71. The molecule has 1 rings (SSSR count). The van der Waals surface area contributed by atoms with Crippen LogP contribution in [0.3, 0.4) is 0 Å². The molecule has 68 valence electrons. The Balaban J connectivity index is 0.000001000. The highest BCUT2D eigenvalue weighted by molar-refractivity contribution is 4.54. The summed E-state index contributed by atoms with van der Waals surface area (Å²) in [5, 5.41) is 0. The molecule has 1 heterocycles. The summed E-state index contributed by atoms with van der Waals surface area (Å²) >= 11 is 0. The Morgan fingerprint density at radius 3 is 2.73 bits per heavy atom. The molecule has 1 aliphatic heterocycles. The lowest BCUT2D eigenvalue weighted by Crippen LogP contribution is -3.13. The minimum Gasteiger partial charge on any atom is -1.00 e. The summed E-state index contributed by atoms with van der Waals surface area (Å²) in [6, 6.07) is 0. The first-order valence-corrected chi connectivity index (χ1v) is 4.66. The van der Waals surface area contributed by atoms with Gasteiger partial charge in [-0.05, 0) is 19.3 Å². The molecule has 0 aromatic rings. The number of nitrogens with one attached hydrogen (secondary N) is 1. The molecule has 2 heteroatoms. The van der Waals surface area contributed by atoms with E-state index < -0.39 is 0 Å². The van der Waals surface area contributed by atoms with Crippen LogP contribution in [0.5, 0.6) is 0 Å². The van der Waals surface area contributed by atoms with E-state index in [0.29, 0.717) is 0 Å². The molecule has 0 spiro atoms. The second-order valence-corrected chi connectivity index (χ2v) is 3.70. The number of hydrogen-bond acceptors (Lipinski definition) is 0. The maximum absolute atomic E-state index is 2.38. The number of quaternary nitrogens is 1. The summed E-state index contributed by atoms with van der Waals surface area (Å²) < 4.78 is 0. The third-order valence-electron chi connectivity index (χ3n) is 2.47. The highest BCUT2D eigenvalue weighted by Crippen LogP contribution is 2.04. The number of rotatable bonds is 2. The van der Waals surface area contributed by atoms with Gasteiger partial charge in [0.1, 0.15) is 0 Å².